The fraction of sp³-hybridized carbons (Fsp3) is 0.471. The Bertz CT molecular complexity index is 643. The Hall–Kier alpha value is -1.39. The number of hydrogen-bond donors (Lipinski definition) is 1. The van der Waals surface area contributed by atoms with Gasteiger partial charge in [0.25, 0.3) is 5.91 Å². The molecule has 1 heterocycles. The van der Waals surface area contributed by atoms with Gasteiger partial charge in [-0.05, 0) is 36.8 Å². The van der Waals surface area contributed by atoms with Crippen LogP contribution in [-0.4, -0.2) is 35.1 Å². The standard InChI is InChI=1S/C17H21NO2S/c1-12-14-8-4-5-9-15(14)21-16(12)17(20)18(10-11-19)13-6-2-3-7-13/h4-5,8-9,13,19H,2-3,6-7,10-11H2,1H3. The molecular weight excluding hydrogens is 282 g/mol. The number of nitrogens with zero attached hydrogens (tertiary/aromatic N) is 1. The molecule has 1 aliphatic rings. The van der Waals surface area contributed by atoms with Crippen molar-refractivity contribution in [1.82, 2.24) is 4.90 Å². The van der Waals surface area contributed by atoms with Gasteiger partial charge in [-0.25, -0.2) is 0 Å². The third-order valence-electron chi connectivity index (χ3n) is 4.41. The van der Waals surface area contributed by atoms with Crippen LogP contribution < -0.4 is 0 Å². The Balaban J connectivity index is 1.95. The molecule has 0 atom stereocenters. The summed E-state index contributed by atoms with van der Waals surface area (Å²) in [5.41, 5.74) is 1.07. The van der Waals surface area contributed by atoms with Gasteiger partial charge in [0.2, 0.25) is 0 Å². The largest absolute Gasteiger partial charge is 0.395 e. The molecule has 112 valence electrons. The SMILES string of the molecule is Cc1c(C(=O)N(CCO)C2CCCC2)sc2ccccc12. The maximum atomic E-state index is 12.9. The first kappa shape index (κ1) is 14.5. The lowest BCUT2D eigenvalue weighted by atomic mass is 10.1. The number of carbonyl (C=O) groups is 1. The Morgan fingerprint density at radius 1 is 1.33 bits per heavy atom. The summed E-state index contributed by atoms with van der Waals surface area (Å²) in [4.78, 5) is 15.7. The average Bonchev–Trinajstić information content (AvgIpc) is 3.13. The molecule has 0 saturated heterocycles. The number of rotatable bonds is 4. The summed E-state index contributed by atoms with van der Waals surface area (Å²) in [6.07, 6.45) is 4.50. The predicted molar refractivity (Wildman–Crippen MR) is 86.9 cm³/mol. The van der Waals surface area contributed by atoms with Gasteiger partial charge in [-0.3, -0.25) is 4.79 Å². The van der Waals surface area contributed by atoms with E-state index < -0.39 is 0 Å². The van der Waals surface area contributed by atoms with Gasteiger partial charge < -0.3 is 10.0 Å². The summed E-state index contributed by atoms with van der Waals surface area (Å²) in [5.74, 6) is 0.0923. The summed E-state index contributed by atoms with van der Waals surface area (Å²) in [6.45, 7) is 2.50. The van der Waals surface area contributed by atoms with E-state index in [1.54, 1.807) is 11.3 Å². The minimum atomic E-state index is 0.0339. The van der Waals surface area contributed by atoms with Crippen molar-refractivity contribution in [2.24, 2.45) is 0 Å². The van der Waals surface area contributed by atoms with Crippen LogP contribution in [0.1, 0.15) is 40.9 Å². The third-order valence-corrected chi connectivity index (χ3v) is 5.67. The Morgan fingerprint density at radius 3 is 2.71 bits per heavy atom. The van der Waals surface area contributed by atoms with Crippen LogP contribution >= 0.6 is 11.3 Å². The van der Waals surface area contributed by atoms with E-state index in [4.69, 9.17) is 0 Å². The second-order valence-electron chi connectivity index (χ2n) is 5.71. The molecule has 3 rings (SSSR count). The number of amides is 1. The van der Waals surface area contributed by atoms with E-state index in [-0.39, 0.29) is 12.5 Å². The number of aliphatic hydroxyl groups is 1. The minimum absolute atomic E-state index is 0.0339. The van der Waals surface area contributed by atoms with Gasteiger partial charge in [0.15, 0.2) is 0 Å². The molecule has 1 amide bonds. The molecule has 2 aromatic rings. The van der Waals surface area contributed by atoms with Crippen molar-refractivity contribution in [3.63, 3.8) is 0 Å². The monoisotopic (exact) mass is 303 g/mol. The second-order valence-corrected chi connectivity index (χ2v) is 6.76. The van der Waals surface area contributed by atoms with Crippen molar-refractivity contribution >= 4 is 27.3 Å². The lowest BCUT2D eigenvalue weighted by molar-refractivity contribution is 0.0642. The maximum absolute atomic E-state index is 12.9. The average molecular weight is 303 g/mol. The molecule has 0 unspecified atom stereocenters. The maximum Gasteiger partial charge on any atom is 0.264 e. The zero-order chi connectivity index (χ0) is 14.8. The van der Waals surface area contributed by atoms with E-state index >= 15 is 0 Å². The zero-order valence-corrected chi connectivity index (χ0v) is 13.2. The number of thiophene rings is 1. The molecule has 0 radical (unpaired) electrons. The first-order valence-corrected chi connectivity index (χ1v) is 8.44. The predicted octanol–water partition coefficient (Wildman–Crippen LogP) is 3.59. The van der Waals surface area contributed by atoms with E-state index in [0.29, 0.717) is 12.6 Å². The molecule has 0 aliphatic heterocycles. The lowest BCUT2D eigenvalue weighted by Crippen LogP contribution is -2.40. The third kappa shape index (κ3) is 2.70. The molecule has 3 nitrogen and oxygen atoms in total. The Morgan fingerprint density at radius 2 is 2.05 bits per heavy atom. The Kier molecular flexibility index (Phi) is 4.27. The molecule has 4 heteroatoms. The molecular formula is C17H21NO2S. The highest BCUT2D eigenvalue weighted by Gasteiger charge is 2.29. The zero-order valence-electron chi connectivity index (χ0n) is 12.3. The molecule has 1 aliphatic carbocycles. The molecule has 1 N–H and O–H groups in total. The van der Waals surface area contributed by atoms with Crippen LogP contribution in [-0.2, 0) is 0 Å². The van der Waals surface area contributed by atoms with Crippen molar-refractivity contribution in [3.05, 3.63) is 34.7 Å². The highest BCUT2D eigenvalue weighted by molar-refractivity contribution is 7.21. The number of fused-ring (bicyclic) bond motifs is 1. The van der Waals surface area contributed by atoms with Gasteiger partial charge in [-0.1, -0.05) is 31.0 Å². The fourth-order valence-corrected chi connectivity index (χ4v) is 4.45. The first-order chi connectivity index (χ1) is 10.2. The number of carbonyl (C=O) groups excluding carboxylic acids is 1. The van der Waals surface area contributed by atoms with Gasteiger partial charge in [0.1, 0.15) is 0 Å². The van der Waals surface area contributed by atoms with Crippen LogP contribution in [0.15, 0.2) is 24.3 Å². The van der Waals surface area contributed by atoms with E-state index in [1.807, 2.05) is 24.0 Å². The summed E-state index contributed by atoms with van der Waals surface area (Å²) < 4.78 is 1.16. The number of aliphatic hydroxyl groups excluding tert-OH is 1. The van der Waals surface area contributed by atoms with Crippen molar-refractivity contribution in [3.8, 4) is 0 Å². The summed E-state index contributed by atoms with van der Waals surface area (Å²) in [7, 11) is 0. The van der Waals surface area contributed by atoms with Crippen molar-refractivity contribution < 1.29 is 9.90 Å². The molecule has 21 heavy (non-hydrogen) atoms. The second kappa shape index (κ2) is 6.16. The molecule has 1 fully saturated rings. The van der Waals surface area contributed by atoms with Gasteiger partial charge in [0.05, 0.1) is 11.5 Å². The van der Waals surface area contributed by atoms with Crippen LogP contribution in [0.2, 0.25) is 0 Å². The highest BCUT2D eigenvalue weighted by atomic mass is 32.1. The van der Waals surface area contributed by atoms with Crippen LogP contribution in [0.3, 0.4) is 0 Å². The molecule has 1 aromatic carbocycles. The van der Waals surface area contributed by atoms with Gasteiger partial charge in [0, 0.05) is 17.3 Å². The number of benzene rings is 1. The topological polar surface area (TPSA) is 40.5 Å². The van der Waals surface area contributed by atoms with E-state index in [2.05, 4.69) is 12.1 Å². The fourth-order valence-electron chi connectivity index (χ4n) is 3.28. The van der Waals surface area contributed by atoms with Gasteiger partial charge >= 0.3 is 0 Å². The first-order valence-electron chi connectivity index (χ1n) is 7.62. The summed E-state index contributed by atoms with van der Waals surface area (Å²) in [5, 5.41) is 10.5. The van der Waals surface area contributed by atoms with Gasteiger partial charge in [-0.2, -0.15) is 0 Å². The van der Waals surface area contributed by atoms with E-state index in [1.165, 1.54) is 18.2 Å². The molecule has 0 bridgehead atoms. The smallest absolute Gasteiger partial charge is 0.264 e. The van der Waals surface area contributed by atoms with E-state index in [0.717, 1.165) is 28.0 Å². The number of aryl methyl sites for hydroxylation is 1. The molecule has 0 spiro atoms. The van der Waals surface area contributed by atoms with E-state index in [9.17, 15) is 9.90 Å². The molecule has 1 saturated carbocycles. The normalized spacial score (nSPS) is 15.7. The van der Waals surface area contributed by atoms with Crippen molar-refractivity contribution in [2.45, 2.75) is 38.6 Å². The van der Waals surface area contributed by atoms with Gasteiger partial charge in [-0.15, -0.1) is 11.3 Å². The molecule has 1 aromatic heterocycles. The van der Waals surface area contributed by atoms with Crippen LogP contribution in [0.4, 0.5) is 0 Å². The quantitative estimate of drug-likeness (QED) is 0.937. The Labute approximate surface area is 129 Å². The van der Waals surface area contributed by atoms with Crippen LogP contribution in [0, 0.1) is 6.92 Å². The van der Waals surface area contributed by atoms with Crippen LogP contribution in [0.25, 0.3) is 10.1 Å². The highest BCUT2D eigenvalue weighted by Crippen LogP contribution is 2.33. The lowest BCUT2D eigenvalue weighted by Gasteiger charge is -2.28. The van der Waals surface area contributed by atoms with Crippen LogP contribution in [0.5, 0.6) is 0 Å². The summed E-state index contributed by atoms with van der Waals surface area (Å²) in [6, 6.07) is 8.46. The summed E-state index contributed by atoms with van der Waals surface area (Å²) >= 11 is 1.57. The van der Waals surface area contributed by atoms with Crippen molar-refractivity contribution in [1.29, 1.82) is 0 Å². The minimum Gasteiger partial charge on any atom is -0.395 e. The van der Waals surface area contributed by atoms with Crippen molar-refractivity contribution in [2.75, 3.05) is 13.2 Å². The number of hydrogen-bond acceptors (Lipinski definition) is 3.